The van der Waals surface area contributed by atoms with Gasteiger partial charge in [0.05, 0.1) is 12.2 Å². The Hall–Kier alpha value is -3.68. The maximum Gasteiger partial charge on any atom is 0.234 e. The van der Waals surface area contributed by atoms with Gasteiger partial charge in [0.25, 0.3) is 0 Å². The number of fused-ring (bicyclic) bond motifs is 1. The van der Waals surface area contributed by atoms with Gasteiger partial charge in [-0.1, -0.05) is 36.8 Å². The highest BCUT2D eigenvalue weighted by molar-refractivity contribution is 5.98. The summed E-state index contributed by atoms with van der Waals surface area (Å²) in [6, 6.07) is 16.8. The standard InChI is InChI=1S/C28H30N6O/c1-2-35-28-24(19-30)25(20-9-5-3-6-10-20)23-17-21(18-29)27(31-26(23)32-28)34-15-11-22(12-16-34)33-13-7-4-8-14-33/h3,5-6,9-10,17,22H,2,4,7-8,11-16H2,1H3. The number of pyridine rings is 2. The number of nitriles is 2. The van der Waals surface area contributed by atoms with Crippen molar-refractivity contribution in [1.29, 1.82) is 10.5 Å². The molecule has 35 heavy (non-hydrogen) atoms. The molecule has 2 aliphatic heterocycles. The third-order valence-electron chi connectivity index (χ3n) is 7.17. The second-order valence-electron chi connectivity index (χ2n) is 9.24. The Kier molecular flexibility index (Phi) is 6.79. The average Bonchev–Trinajstić information content (AvgIpc) is 2.93. The fourth-order valence-electron chi connectivity index (χ4n) is 5.46. The van der Waals surface area contributed by atoms with E-state index in [2.05, 4.69) is 26.9 Å². The molecule has 2 fully saturated rings. The summed E-state index contributed by atoms with van der Waals surface area (Å²) >= 11 is 0. The zero-order valence-electron chi connectivity index (χ0n) is 20.2. The summed E-state index contributed by atoms with van der Waals surface area (Å²) < 4.78 is 5.76. The van der Waals surface area contributed by atoms with Gasteiger partial charge in [0.2, 0.25) is 5.88 Å². The highest BCUT2D eigenvalue weighted by Gasteiger charge is 2.28. The van der Waals surface area contributed by atoms with Gasteiger partial charge in [-0.3, -0.25) is 0 Å². The minimum absolute atomic E-state index is 0.285. The van der Waals surface area contributed by atoms with Crippen LogP contribution < -0.4 is 9.64 Å². The van der Waals surface area contributed by atoms with Crippen molar-refractivity contribution in [2.24, 2.45) is 0 Å². The van der Waals surface area contributed by atoms with Crippen molar-refractivity contribution in [3.63, 3.8) is 0 Å². The van der Waals surface area contributed by atoms with E-state index in [1.807, 2.05) is 43.3 Å². The Morgan fingerprint density at radius 3 is 2.37 bits per heavy atom. The smallest absolute Gasteiger partial charge is 0.234 e. The van der Waals surface area contributed by atoms with Gasteiger partial charge in [0.1, 0.15) is 23.5 Å². The van der Waals surface area contributed by atoms with E-state index in [-0.39, 0.29) is 5.88 Å². The van der Waals surface area contributed by atoms with Crippen LogP contribution in [-0.2, 0) is 0 Å². The van der Waals surface area contributed by atoms with Crippen LogP contribution in [0.3, 0.4) is 0 Å². The van der Waals surface area contributed by atoms with Crippen LogP contribution in [-0.4, -0.2) is 53.7 Å². The molecule has 0 spiro atoms. The number of hydrogen-bond acceptors (Lipinski definition) is 7. The third-order valence-corrected chi connectivity index (χ3v) is 7.17. The summed E-state index contributed by atoms with van der Waals surface area (Å²) in [6.07, 6.45) is 6.09. The van der Waals surface area contributed by atoms with E-state index in [0.717, 1.165) is 31.5 Å². The second kappa shape index (κ2) is 10.3. The zero-order chi connectivity index (χ0) is 24.2. The van der Waals surface area contributed by atoms with Crippen molar-refractivity contribution in [1.82, 2.24) is 14.9 Å². The molecule has 2 saturated heterocycles. The largest absolute Gasteiger partial charge is 0.477 e. The molecule has 4 heterocycles. The van der Waals surface area contributed by atoms with Gasteiger partial charge < -0.3 is 14.5 Å². The molecule has 0 aliphatic carbocycles. The Bertz CT molecular complexity index is 1280. The van der Waals surface area contributed by atoms with E-state index in [1.165, 1.54) is 32.4 Å². The summed E-state index contributed by atoms with van der Waals surface area (Å²) in [5, 5.41) is 20.7. The van der Waals surface area contributed by atoms with Crippen molar-refractivity contribution in [2.45, 2.75) is 45.1 Å². The van der Waals surface area contributed by atoms with Crippen molar-refractivity contribution < 1.29 is 4.74 Å². The number of hydrogen-bond donors (Lipinski definition) is 0. The molecule has 0 unspecified atom stereocenters. The van der Waals surface area contributed by atoms with Crippen LogP contribution in [0.5, 0.6) is 5.88 Å². The Morgan fingerprint density at radius 2 is 1.71 bits per heavy atom. The molecule has 1 aromatic carbocycles. The predicted molar refractivity (Wildman–Crippen MR) is 136 cm³/mol. The highest BCUT2D eigenvalue weighted by Crippen LogP contribution is 2.37. The lowest BCUT2D eigenvalue weighted by Crippen LogP contribution is -2.47. The fraction of sp³-hybridized carbons (Fsp3) is 0.429. The molecule has 3 aromatic rings. The minimum Gasteiger partial charge on any atom is -0.477 e. The molecule has 7 heteroatoms. The first-order valence-corrected chi connectivity index (χ1v) is 12.6. The van der Waals surface area contributed by atoms with Gasteiger partial charge in [-0.25, -0.2) is 4.98 Å². The molecular formula is C28H30N6O. The van der Waals surface area contributed by atoms with Gasteiger partial charge in [-0.2, -0.15) is 15.5 Å². The van der Waals surface area contributed by atoms with E-state index in [1.54, 1.807) is 0 Å². The van der Waals surface area contributed by atoms with Crippen LogP contribution in [0.1, 0.15) is 50.2 Å². The van der Waals surface area contributed by atoms with Crippen LogP contribution >= 0.6 is 0 Å². The van der Waals surface area contributed by atoms with Gasteiger partial charge in [0.15, 0.2) is 5.65 Å². The van der Waals surface area contributed by atoms with Crippen molar-refractivity contribution >= 4 is 16.9 Å². The van der Waals surface area contributed by atoms with Crippen LogP contribution in [0, 0.1) is 22.7 Å². The lowest BCUT2D eigenvalue weighted by molar-refractivity contribution is 0.141. The number of likely N-dealkylation sites (tertiary alicyclic amines) is 1. The number of nitrogens with zero attached hydrogens (tertiary/aromatic N) is 6. The highest BCUT2D eigenvalue weighted by atomic mass is 16.5. The van der Waals surface area contributed by atoms with E-state index in [4.69, 9.17) is 9.72 Å². The number of ether oxygens (including phenoxy) is 1. The van der Waals surface area contributed by atoms with Gasteiger partial charge in [0, 0.05) is 30.1 Å². The number of anilines is 1. The number of aromatic nitrogens is 2. The van der Waals surface area contributed by atoms with E-state index >= 15 is 0 Å². The van der Waals surface area contributed by atoms with Gasteiger partial charge in [-0.05, 0) is 57.3 Å². The molecular weight excluding hydrogens is 436 g/mol. The zero-order valence-corrected chi connectivity index (χ0v) is 20.2. The van der Waals surface area contributed by atoms with E-state index in [0.29, 0.717) is 46.2 Å². The van der Waals surface area contributed by atoms with Crippen LogP contribution in [0.2, 0.25) is 0 Å². The van der Waals surface area contributed by atoms with E-state index in [9.17, 15) is 10.5 Å². The molecule has 0 amide bonds. The molecule has 0 atom stereocenters. The number of piperidine rings is 2. The van der Waals surface area contributed by atoms with Crippen molar-refractivity contribution in [3.8, 4) is 29.1 Å². The molecule has 178 valence electrons. The van der Waals surface area contributed by atoms with Crippen molar-refractivity contribution in [3.05, 3.63) is 47.5 Å². The first-order valence-electron chi connectivity index (χ1n) is 12.6. The normalized spacial score (nSPS) is 17.2. The lowest BCUT2D eigenvalue weighted by Gasteiger charge is -2.40. The van der Waals surface area contributed by atoms with Crippen LogP contribution in [0.4, 0.5) is 5.82 Å². The molecule has 0 saturated carbocycles. The predicted octanol–water partition coefficient (Wildman–Crippen LogP) is 4.89. The lowest BCUT2D eigenvalue weighted by atomic mass is 9.96. The molecule has 2 aliphatic rings. The van der Waals surface area contributed by atoms with Gasteiger partial charge >= 0.3 is 0 Å². The maximum absolute atomic E-state index is 10.1. The molecule has 7 nitrogen and oxygen atoms in total. The summed E-state index contributed by atoms with van der Waals surface area (Å²) in [5.74, 6) is 0.962. The fourth-order valence-corrected chi connectivity index (χ4v) is 5.46. The summed E-state index contributed by atoms with van der Waals surface area (Å²) in [7, 11) is 0. The first kappa shape index (κ1) is 23.1. The first-order chi connectivity index (χ1) is 17.2. The van der Waals surface area contributed by atoms with Crippen LogP contribution in [0.25, 0.3) is 22.2 Å². The average molecular weight is 467 g/mol. The topological polar surface area (TPSA) is 89.1 Å². The van der Waals surface area contributed by atoms with Crippen molar-refractivity contribution in [2.75, 3.05) is 37.7 Å². The summed E-state index contributed by atoms with van der Waals surface area (Å²) in [6.45, 7) is 6.42. The maximum atomic E-state index is 10.1. The SMILES string of the molecule is CCOc1nc2nc(N3CCC(N4CCCCC4)CC3)c(C#N)cc2c(-c2ccccc2)c1C#N. The molecule has 0 N–H and O–H groups in total. The van der Waals surface area contributed by atoms with Gasteiger partial charge in [-0.15, -0.1) is 0 Å². The molecule has 2 aromatic heterocycles. The Balaban J connectivity index is 1.56. The number of rotatable bonds is 5. The quantitative estimate of drug-likeness (QED) is 0.529. The molecule has 0 radical (unpaired) electrons. The molecule has 5 rings (SSSR count). The third kappa shape index (κ3) is 4.52. The number of benzene rings is 1. The minimum atomic E-state index is 0.285. The van der Waals surface area contributed by atoms with E-state index < -0.39 is 0 Å². The summed E-state index contributed by atoms with van der Waals surface area (Å²) in [5.41, 5.74) is 2.96. The second-order valence-corrected chi connectivity index (χ2v) is 9.24. The Morgan fingerprint density at radius 1 is 0.971 bits per heavy atom. The Labute approximate surface area is 206 Å². The summed E-state index contributed by atoms with van der Waals surface area (Å²) in [4.78, 5) is 14.4. The molecule has 0 bridgehead atoms. The van der Waals surface area contributed by atoms with Crippen LogP contribution in [0.15, 0.2) is 36.4 Å². The monoisotopic (exact) mass is 466 g/mol.